The monoisotopic (exact) mass is 532 g/mol. The van der Waals surface area contributed by atoms with Gasteiger partial charge in [0.25, 0.3) is 0 Å². The zero-order valence-electron chi connectivity index (χ0n) is 21.3. The molecule has 9 heteroatoms. The molecule has 3 aromatic rings. The zero-order valence-corrected chi connectivity index (χ0v) is 21.3. The molecular formula is C29H27F5NO3+. The maximum absolute atomic E-state index is 14.8. The lowest BCUT2D eigenvalue weighted by Gasteiger charge is -2.20. The Labute approximate surface area is 217 Å². The van der Waals surface area contributed by atoms with Gasteiger partial charge in [0.1, 0.15) is 28.5 Å². The number of amides is 1. The van der Waals surface area contributed by atoms with Gasteiger partial charge in [-0.05, 0) is 56.2 Å². The summed E-state index contributed by atoms with van der Waals surface area (Å²) in [7, 11) is 0. The molecule has 0 saturated carbocycles. The molecule has 0 N–H and O–H groups in total. The third kappa shape index (κ3) is 6.03. The van der Waals surface area contributed by atoms with E-state index in [0.717, 1.165) is 23.3 Å². The number of nitrogens with zero attached hydrogens (tertiary/aromatic N) is 1. The molecule has 0 radical (unpaired) electrons. The minimum absolute atomic E-state index is 0.193. The Morgan fingerprint density at radius 2 is 1.39 bits per heavy atom. The van der Waals surface area contributed by atoms with Crippen molar-refractivity contribution >= 4 is 11.8 Å². The number of carbonyl (C=O) groups excluding carboxylic acids is 1. The van der Waals surface area contributed by atoms with Gasteiger partial charge in [0.15, 0.2) is 6.04 Å². The zero-order chi connectivity index (χ0) is 27.8. The quantitative estimate of drug-likeness (QED) is 0.252. The Balaban J connectivity index is 1.72. The Morgan fingerprint density at radius 1 is 0.868 bits per heavy atom. The molecule has 1 aliphatic rings. The fourth-order valence-electron chi connectivity index (χ4n) is 4.67. The molecule has 0 fully saturated rings. The van der Waals surface area contributed by atoms with E-state index < -0.39 is 35.7 Å². The van der Waals surface area contributed by atoms with Crippen LogP contribution in [0.3, 0.4) is 0 Å². The maximum atomic E-state index is 14.8. The van der Waals surface area contributed by atoms with E-state index in [0.29, 0.717) is 5.56 Å². The fourth-order valence-corrected chi connectivity index (χ4v) is 4.67. The van der Waals surface area contributed by atoms with Gasteiger partial charge in [0.05, 0.1) is 0 Å². The minimum Gasteiger partial charge on any atom is -0.406 e. The highest BCUT2D eigenvalue weighted by Gasteiger charge is 2.48. The molecule has 0 saturated heterocycles. The van der Waals surface area contributed by atoms with Gasteiger partial charge in [0.2, 0.25) is 5.71 Å². The van der Waals surface area contributed by atoms with Crippen molar-refractivity contribution in [3.63, 3.8) is 0 Å². The highest BCUT2D eigenvalue weighted by atomic mass is 19.4. The van der Waals surface area contributed by atoms with Crippen LogP contribution in [-0.4, -0.2) is 28.3 Å². The summed E-state index contributed by atoms with van der Waals surface area (Å²) in [6.45, 7) is 7.02. The van der Waals surface area contributed by atoms with Crippen molar-refractivity contribution < 1.29 is 40.8 Å². The molecule has 38 heavy (non-hydrogen) atoms. The van der Waals surface area contributed by atoms with Crippen LogP contribution in [0.5, 0.6) is 5.75 Å². The van der Waals surface area contributed by atoms with Crippen LogP contribution in [0.4, 0.5) is 26.7 Å². The highest BCUT2D eigenvalue weighted by Crippen LogP contribution is 2.38. The molecular weight excluding hydrogens is 505 g/mol. The standard InChI is InChI=1S/C29H27F5NO3/c1-17-16-24(25-22(30)6-5-7-23(25)31)35(27(36)38-28(2,3)4)26(17)20-10-8-18(9-11-20)19-12-14-21(15-13-19)37-29(32,33)34/h5-15,17,26H,16H2,1-4H3/q+1. The Hall–Kier alpha value is -3.75. The second-order valence-electron chi connectivity index (χ2n) is 10.2. The summed E-state index contributed by atoms with van der Waals surface area (Å²) in [6, 6.07) is 15.6. The van der Waals surface area contributed by atoms with Crippen LogP contribution in [0.25, 0.3) is 11.1 Å². The Bertz CT molecular complexity index is 1340. The maximum Gasteiger partial charge on any atom is 0.597 e. The Morgan fingerprint density at radius 3 is 1.89 bits per heavy atom. The average Bonchev–Trinajstić information content (AvgIpc) is 3.14. The van der Waals surface area contributed by atoms with Crippen molar-refractivity contribution in [1.82, 2.24) is 0 Å². The summed E-state index contributed by atoms with van der Waals surface area (Å²) in [4.78, 5) is 13.4. The average molecular weight is 533 g/mol. The van der Waals surface area contributed by atoms with Crippen molar-refractivity contribution in [2.75, 3.05) is 0 Å². The van der Waals surface area contributed by atoms with E-state index in [1.807, 2.05) is 6.92 Å². The first-order valence-corrected chi connectivity index (χ1v) is 12.0. The van der Waals surface area contributed by atoms with Gasteiger partial charge in [-0.1, -0.05) is 49.4 Å². The molecule has 0 bridgehead atoms. The van der Waals surface area contributed by atoms with E-state index in [9.17, 15) is 26.7 Å². The first kappa shape index (κ1) is 27.3. The first-order chi connectivity index (χ1) is 17.7. The molecule has 0 spiro atoms. The van der Waals surface area contributed by atoms with Crippen molar-refractivity contribution in [2.24, 2.45) is 5.92 Å². The number of alkyl halides is 3. The second kappa shape index (κ2) is 10.2. The van der Waals surface area contributed by atoms with Crippen LogP contribution in [0.1, 0.15) is 51.3 Å². The van der Waals surface area contributed by atoms with Gasteiger partial charge in [-0.2, -0.15) is 4.79 Å². The molecule has 0 aliphatic carbocycles. The summed E-state index contributed by atoms with van der Waals surface area (Å²) in [5.74, 6) is -2.06. The number of hydrogen-bond acceptors (Lipinski definition) is 3. The summed E-state index contributed by atoms with van der Waals surface area (Å²) in [5, 5.41) is 0. The summed E-state index contributed by atoms with van der Waals surface area (Å²) in [5.41, 5.74) is 1.22. The number of rotatable bonds is 4. The van der Waals surface area contributed by atoms with E-state index in [1.165, 1.54) is 34.9 Å². The second-order valence-corrected chi connectivity index (χ2v) is 10.2. The van der Waals surface area contributed by atoms with Crippen LogP contribution in [0, 0.1) is 17.6 Å². The van der Waals surface area contributed by atoms with E-state index in [2.05, 4.69) is 4.74 Å². The molecule has 0 aromatic heterocycles. The lowest BCUT2D eigenvalue weighted by Crippen LogP contribution is -2.34. The van der Waals surface area contributed by atoms with Crippen molar-refractivity contribution in [3.8, 4) is 16.9 Å². The molecule has 1 heterocycles. The lowest BCUT2D eigenvalue weighted by molar-refractivity contribution is -0.495. The topological polar surface area (TPSA) is 38.5 Å². The van der Waals surface area contributed by atoms with Crippen LogP contribution in [0.15, 0.2) is 66.7 Å². The van der Waals surface area contributed by atoms with Crippen molar-refractivity contribution in [1.29, 1.82) is 0 Å². The first-order valence-electron chi connectivity index (χ1n) is 12.0. The van der Waals surface area contributed by atoms with Gasteiger partial charge < -0.3 is 9.47 Å². The fraction of sp³-hybridized carbons (Fsp3) is 0.310. The van der Waals surface area contributed by atoms with Crippen molar-refractivity contribution in [2.45, 2.75) is 52.1 Å². The van der Waals surface area contributed by atoms with E-state index in [-0.39, 0.29) is 29.4 Å². The molecule has 2 atom stereocenters. The number of halogens is 5. The normalized spacial score (nSPS) is 18.0. The van der Waals surface area contributed by atoms with E-state index in [1.54, 1.807) is 45.0 Å². The Kier molecular flexibility index (Phi) is 7.32. The van der Waals surface area contributed by atoms with Gasteiger partial charge in [-0.15, -0.1) is 17.7 Å². The SMILES string of the molecule is CC1CC(c2c(F)cccc2F)=[N+](C(=O)OC(C)(C)C)C1c1ccc(-c2ccc(OC(F)(F)F)cc2)cc1. The van der Waals surface area contributed by atoms with Crippen LogP contribution < -0.4 is 4.74 Å². The number of ether oxygens (including phenoxy) is 2. The largest absolute Gasteiger partial charge is 0.597 e. The molecule has 4 rings (SSSR count). The number of hydrogen-bond donors (Lipinski definition) is 0. The van der Waals surface area contributed by atoms with Gasteiger partial charge >= 0.3 is 12.5 Å². The van der Waals surface area contributed by atoms with E-state index in [4.69, 9.17) is 4.74 Å². The predicted octanol–water partition coefficient (Wildman–Crippen LogP) is 8.05. The number of benzene rings is 3. The molecule has 4 nitrogen and oxygen atoms in total. The molecule has 3 aromatic carbocycles. The molecule has 2 unspecified atom stereocenters. The predicted molar refractivity (Wildman–Crippen MR) is 132 cm³/mol. The molecule has 200 valence electrons. The third-order valence-electron chi connectivity index (χ3n) is 6.14. The summed E-state index contributed by atoms with van der Waals surface area (Å²) >= 11 is 0. The van der Waals surface area contributed by atoms with Crippen LogP contribution in [0.2, 0.25) is 0 Å². The molecule has 1 aliphatic heterocycles. The van der Waals surface area contributed by atoms with E-state index >= 15 is 0 Å². The summed E-state index contributed by atoms with van der Waals surface area (Å²) in [6.07, 6.45) is -5.25. The smallest absolute Gasteiger partial charge is 0.406 e. The lowest BCUT2D eigenvalue weighted by atomic mass is 9.92. The van der Waals surface area contributed by atoms with Gasteiger partial charge in [-0.25, -0.2) is 8.78 Å². The van der Waals surface area contributed by atoms with Crippen molar-refractivity contribution in [3.05, 3.63) is 89.5 Å². The van der Waals surface area contributed by atoms with Gasteiger partial charge in [0, 0.05) is 17.9 Å². The minimum atomic E-state index is -4.78. The number of carbonyl (C=O) groups is 1. The van der Waals surface area contributed by atoms with Crippen LogP contribution in [-0.2, 0) is 4.74 Å². The van der Waals surface area contributed by atoms with Gasteiger partial charge in [-0.3, -0.25) is 0 Å². The third-order valence-corrected chi connectivity index (χ3v) is 6.14. The highest BCUT2D eigenvalue weighted by molar-refractivity contribution is 6.00. The molecule has 1 amide bonds. The summed E-state index contributed by atoms with van der Waals surface area (Å²) < 4.78 is 77.8. The van der Waals surface area contributed by atoms with Crippen LogP contribution >= 0.6 is 0 Å².